The van der Waals surface area contributed by atoms with Gasteiger partial charge in [0.2, 0.25) is 0 Å². The van der Waals surface area contributed by atoms with Gasteiger partial charge in [-0.05, 0) is 30.0 Å². The highest BCUT2D eigenvalue weighted by molar-refractivity contribution is 5.92. The number of aromatic nitrogens is 1. The van der Waals surface area contributed by atoms with E-state index >= 15 is 0 Å². The molecule has 3 aromatic rings. The van der Waals surface area contributed by atoms with Crippen molar-refractivity contribution < 1.29 is 9.90 Å². The fourth-order valence-electron chi connectivity index (χ4n) is 2.58. The monoisotopic (exact) mass is 293 g/mol. The smallest absolute Gasteiger partial charge is 0.352 e. The fraction of sp³-hybridized carbons (Fsp3) is 0.111. The van der Waals surface area contributed by atoms with Crippen LogP contribution in [0.2, 0.25) is 0 Å². The van der Waals surface area contributed by atoms with Crippen LogP contribution < -0.4 is 5.56 Å². The molecule has 22 heavy (non-hydrogen) atoms. The molecule has 4 heteroatoms. The van der Waals surface area contributed by atoms with Crippen LogP contribution in [0.1, 0.15) is 21.6 Å². The molecule has 0 amide bonds. The maximum absolute atomic E-state index is 12.7. The lowest BCUT2D eigenvalue weighted by Gasteiger charge is -2.12. The van der Waals surface area contributed by atoms with Crippen LogP contribution in [0.5, 0.6) is 0 Å². The lowest BCUT2D eigenvalue weighted by Crippen LogP contribution is -2.26. The minimum atomic E-state index is -1.10. The molecule has 0 aliphatic rings. The predicted molar refractivity (Wildman–Crippen MR) is 85.4 cm³/mol. The maximum Gasteiger partial charge on any atom is 0.352 e. The van der Waals surface area contributed by atoms with Crippen molar-refractivity contribution in [1.29, 1.82) is 0 Å². The van der Waals surface area contributed by atoms with Crippen molar-refractivity contribution in [2.45, 2.75) is 13.5 Å². The van der Waals surface area contributed by atoms with E-state index in [1.165, 1.54) is 4.57 Å². The SMILES string of the molecule is Cc1ccc2c(=O)n(Cc3ccccc3)c(C(=O)O)cc2c1. The first-order valence-electron chi connectivity index (χ1n) is 6.97. The Morgan fingerprint density at radius 1 is 1.09 bits per heavy atom. The molecule has 0 fully saturated rings. The Morgan fingerprint density at radius 2 is 1.82 bits per heavy atom. The van der Waals surface area contributed by atoms with Crippen LogP contribution in [-0.4, -0.2) is 15.6 Å². The van der Waals surface area contributed by atoms with E-state index in [1.54, 1.807) is 12.1 Å². The van der Waals surface area contributed by atoms with E-state index in [4.69, 9.17) is 0 Å². The highest BCUT2D eigenvalue weighted by atomic mass is 16.4. The molecule has 0 saturated carbocycles. The van der Waals surface area contributed by atoms with Gasteiger partial charge in [-0.1, -0.05) is 48.0 Å². The van der Waals surface area contributed by atoms with Crippen molar-refractivity contribution in [1.82, 2.24) is 4.57 Å². The molecule has 1 N–H and O–H groups in total. The van der Waals surface area contributed by atoms with Crippen molar-refractivity contribution in [3.63, 3.8) is 0 Å². The quantitative estimate of drug-likeness (QED) is 0.807. The van der Waals surface area contributed by atoms with E-state index in [-0.39, 0.29) is 17.8 Å². The third-order valence-electron chi connectivity index (χ3n) is 3.67. The second-order valence-corrected chi connectivity index (χ2v) is 5.30. The zero-order valence-corrected chi connectivity index (χ0v) is 12.1. The second kappa shape index (κ2) is 5.48. The first-order chi connectivity index (χ1) is 10.6. The van der Waals surface area contributed by atoms with Gasteiger partial charge >= 0.3 is 5.97 Å². The molecular formula is C18H15NO3. The highest BCUT2D eigenvalue weighted by Crippen LogP contribution is 2.15. The van der Waals surface area contributed by atoms with Crippen molar-refractivity contribution in [3.05, 3.63) is 81.8 Å². The molecule has 0 unspecified atom stereocenters. The van der Waals surface area contributed by atoms with Gasteiger partial charge < -0.3 is 5.11 Å². The van der Waals surface area contributed by atoms with E-state index in [9.17, 15) is 14.7 Å². The molecule has 1 heterocycles. The average Bonchev–Trinajstić information content (AvgIpc) is 2.50. The maximum atomic E-state index is 12.7. The number of hydrogen-bond donors (Lipinski definition) is 1. The number of aryl methyl sites for hydroxylation is 1. The Bertz CT molecular complexity index is 911. The van der Waals surface area contributed by atoms with E-state index < -0.39 is 5.97 Å². The summed E-state index contributed by atoms with van der Waals surface area (Å²) in [6.07, 6.45) is 0. The number of rotatable bonds is 3. The van der Waals surface area contributed by atoms with Crippen LogP contribution in [0.25, 0.3) is 10.8 Å². The summed E-state index contributed by atoms with van der Waals surface area (Å²) in [5, 5.41) is 10.6. The summed E-state index contributed by atoms with van der Waals surface area (Å²) in [6, 6.07) is 16.4. The van der Waals surface area contributed by atoms with Crippen molar-refractivity contribution in [3.8, 4) is 0 Å². The topological polar surface area (TPSA) is 59.3 Å². The number of carboxylic acid groups (broad SMARTS) is 1. The number of hydrogen-bond acceptors (Lipinski definition) is 2. The van der Waals surface area contributed by atoms with Crippen LogP contribution >= 0.6 is 0 Å². The lowest BCUT2D eigenvalue weighted by molar-refractivity contribution is 0.0684. The Kier molecular flexibility index (Phi) is 3.51. The number of aromatic carboxylic acids is 1. The van der Waals surface area contributed by atoms with Gasteiger partial charge in [0, 0.05) is 5.39 Å². The molecule has 1 aromatic heterocycles. The molecule has 0 aliphatic heterocycles. The summed E-state index contributed by atoms with van der Waals surface area (Å²) in [4.78, 5) is 24.2. The Morgan fingerprint density at radius 3 is 2.50 bits per heavy atom. The largest absolute Gasteiger partial charge is 0.477 e. The molecular weight excluding hydrogens is 278 g/mol. The molecule has 4 nitrogen and oxygen atoms in total. The van der Waals surface area contributed by atoms with Crippen LogP contribution in [0.3, 0.4) is 0 Å². The fourth-order valence-corrected chi connectivity index (χ4v) is 2.58. The molecule has 0 radical (unpaired) electrons. The number of pyridine rings is 1. The van der Waals surface area contributed by atoms with E-state index in [0.29, 0.717) is 10.8 Å². The van der Waals surface area contributed by atoms with Gasteiger partial charge in [-0.25, -0.2) is 4.79 Å². The lowest BCUT2D eigenvalue weighted by atomic mass is 10.1. The van der Waals surface area contributed by atoms with Gasteiger partial charge in [-0.3, -0.25) is 9.36 Å². The summed E-state index contributed by atoms with van der Waals surface area (Å²) < 4.78 is 1.31. The van der Waals surface area contributed by atoms with E-state index in [2.05, 4.69) is 0 Å². The minimum Gasteiger partial charge on any atom is -0.477 e. The van der Waals surface area contributed by atoms with Gasteiger partial charge in [-0.15, -0.1) is 0 Å². The zero-order valence-electron chi connectivity index (χ0n) is 12.1. The van der Waals surface area contributed by atoms with Gasteiger partial charge in [-0.2, -0.15) is 0 Å². The number of benzene rings is 2. The molecule has 0 atom stereocenters. The first kappa shape index (κ1) is 14.1. The highest BCUT2D eigenvalue weighted by Gasteiger charge is 2.15. The third kappa shape index (κ3) is 2.51. The van der Waals surface area contributed by atoms with Crippen LogP contribution in [0.15, 0.2) is 59.4 Å². The zero-order chi connectivity index (χ0) is 15.7. The van der Waals surface area contributed by atoms with Gasteiger partial charge in [0.05, 0.1) is 6.54 Å². The van der Waals surface area contributed by atoms with E-state index in [1.807, 2.05) is 49.4 Å². The predicted octanol–water partition coefficient (Wildman–Crippen LogP) is 3.06. The number of nitrogens with zero attached hydrogens (tertiary/aromatic N) is 1. The van der Waals surface area contributed by atoms with Crippen molar-refractivity contribution in [2.24, 2.45) is 0 Å². The summed E-state index contributed by atoms with van der Waals surface area (Å²) in [7, 11) is 0. The van der Waals surface area contributed by atoms with E-state index in [0.717, 1.165) is 11.1 Å². The van der Waals surface area contributed by atoms with Crippen LogP contribution in [0.4, 0.5) is 0 Å². The number of fused-ring (bicyclic) bond motifs is 1. The first-order valence-corrected chi connectivity index (χ1v) is 6.97. The summed E-state index contributed by atoms with van der Waals surface area (Å²) in [5.41, 5.74) is 1.60. The molecule has 2 aromatic carbocycles. The second-order valence-electron chi connectivity index (χ2n) is 5.30. The van der Waals surface area contributed by atoms with Crippen molar-refractivity contribution >= 4 is 16.7 Å². The minimum absolute atomic E-state index is 0.00644. The third-order valence-corrected chi connectivity index (χ3v) is 3.67. The summed E-state index contributed by atoms with van der Waals surface area (Å²) in [5.74, 6) is -1.10. The molecule has 0 bridgehead atoms. The molecule has 0 aliphatic carbocycles. The van der Waals surface area contributed by atoms with Gasteiger partial charge in [0.1, 0.15) is 5.69 Å². The summed E-state index contributed by atoms with van der Waals surface area (Å²) in [6.45, 7) is 2.15. The van der Waals surface area contributed by atoms with Gasteiger partial charge in [0.15, 0.2) is 0 Å². The van der Waals surface area contributed by atoms with Crippen LogP contribution in [-0.2, 0) is 6.54 Å². The Labute approximate surface area is 127 Å². The van der Waals surface area contributed by atoms with Crippen molar-refractivity contribution in [2.75, 3.05) is 0 Å². The Balaban J connectivity index is 2.25. The number of carboxylic acids is 1. The standard InChI is InChI=1S/C18H15NO3/c1-12-7-8-15-14(9-12)10-16(18(21)22)19(17(15)20)11-13-5-3-2-4-6-13/h2-10H,11H2,1H3,(H,21,22). The van der Waals surface area contributed by atoms with Gasteiger partial charge in [0.25, 0.3) is 5.56 Å². The van der Waals surface area contributed by atoms with Crippen LogP contribution in [0, 0.1) is 6.92 Å². The Hall–Kier alpha value is -2.88. The molecule has 3 rings (SSSR count). The molecule has 0 saturated heterocycles. The summed E-state index contributed by atoms with van der Waals surface area (Å²) >= 11 is 0. The molecule has 110 valence electrons. The number of carbonyl (C=O) groups is 1. The average molecular weight is 293 g/mol. The molecule has 0 spiro atoms. The normalized spacial score (nSPS) is 10.8.